The van der Waals surface area contributed by atoms with Gasteiger partial charge < -0.3 is 11.5 Å². The van der Waals surface area contributed by atoms with E-state index in [1.807, 2.05) is 5.38 Å². The number of hydrogen-bond donors (Lipinski definition) is 2. The quantitative estimate of drug-likeness (QED) is 0.672. The van der Waals surface area contributed by atoms with Gasteiger partial charge in [-0.3, -0.25) is 4.79 Å². The van der Waals surface area contributed by atoms with Crippen LogP contribution in [0.15, 0.2) is 11.6 Å². The second-order valence-corrected chi connectivity index (χ2v) is 3.07. The Kier molecular flexibility index (Phi) is 2.56. The largest absolute Gasteiger partial charge is 0.370 e. The van der Waals surface area contributed by atoms with E-state index in [-0.39, 0.29) is 12.5 Å². The third-order valence-electron chi connectivity index (χ3n) is 1.19. The van der Waals surface area contributed by atoms with Crippen LogP contribution in [0.5, 0.6) is 0 Å². The van der Waals surface area contributed by atoms with Crippen molar-refractivity contribution in [2.24, 2.45) is 11.5 Å². The highest BCUT2D eigenvalue weighted by atomic mass is 32.1. The molecule has 1 atom stereocenters. The Morgan fingerprint density at radius 3 is 3.00 bits per heavy atom. The average Bonchev–Trinajstić information content (AvgIpc) is 2.35. The van der Waals surface area contributed by atoms with Crippen LogP contribution in [0.4, 0.5) is 0 Å². The SMILES string of the molecule is NC(=O)C[C@H](N)c1nccs1. The van der Waals surface area contributed by atoms with Crippen molar-refractivity contribution < 1.29 is 4.79 Å². The number of aromatic nitrogens is 1. The Labute approximate surface area is 68.2 Å². The van der Waals surface area contributed by atoms with Crippen molar-refractivity contribution in [2.75, 3.05) is 0 Å². The number of thiazole rings is 1. The van der Waals surface area contributed by atoms with Crippen LogP contribution in [0, 0.1) is 0 Å². The summed E-state index contributed by atoms with van der Waals surface area (Å²) in [5.74, 6) is -0.396. The first kappa shape index (κ1) is 8.16. The van der Waals surface area contributed by atoms with Crippen LogP contribution < -0.4 is 11.5 Å². The van der Waals surface area contributed by atoms with Gasteiger partial charge in [0.05, 0.1) is 6.04 Å². The van der Waals surface area contributed by atoms with Crippen LogP contribution in [0.1, 0.15) is 17.5 Å². The van der Waals surface area contributed by atoms with Crippen LogP contribution in [0.25, 0.3) is 0 Å². The van der Waals surface area contributed by atoms with Gasteiger partial charge in [0.25, 0.3) is 0 Å². The highest BCUT2D eigenvalue weighted by molar-refractivity contribution is 7.09. The van der Waals surface area contributed by atoms with Crippen LogP contribution >= 0.6 is 11.3 Å². The molecule has 0 aliphatic heterocycles. The van der Waals surface area contributed by atoms with Crippen molar-refractivity contribution in [2.45, 2.75) is 12.5 Å². The molecule has 0 saturated carbocycles. The third-order valence-corrected chi connectivity index (χ3v) is 2.10. The van der Waals surface area contributed by atoms with Crippen LogP contribution in [-0.2, 0) is 4.79 Å². The molecular formula is C6H9N3OS. The molecule has 0 aliphatic carbocycles. The molecule has 0 radical (unpaired) electrons. The van der Waals surface area contributed by atoms with Crippen molar-refractivity contribution in [3.8, 4) is 0 Å². The first-order valence-electron chi connectivity index (χ1n) is 3.13. The Bertz CT molecular complexity index is 234. The molecule has 0 unspecified atom stereocenters. The maximum atomic E-state index is 10.4. The number of amides is 1. The minimum Gasteiger partial charge on any atom is -0.370 e. The summed E-state index contributed by atoms with van der Waals surface area (Å²) in [6.45, 7) is 0. The van der Waals surface area contributed by atoms with E-state index in [0.717, 1.165) is 5.01 Å². The Balaban J connectivity index is 2.56. The van der Waals surface area contributed by atoms with Gasteiger partial charge in [-0.1, -0.05) is 0 Å². The fraction of sp³-hybridized carbons (Fsp3) is 0.333. The maximum Gasteiger partial charge on any atom is 0.219 e. The molecule has 1 amide bonds. The summed E-state index contributed by atoms with van der Waals surface area (Å²) >= 11 is 1.43. The molecule has 1 aromatic rings. The molecule has 0 aromatic carbocycles. The molecule has 0 spiro atoms. The molecule has 5 heteroatoms. The highest BCUT2D eigenvalue weighted by Gasteiger charge is 2.10. The molecule has 0 saturated heterocycles. The molecule has 4 nitrogen and oxygen atoms in total. The van der Waals surface area contributed by atoms with Gasteiger partial charge in [-0.05, 0) is 0 Å². The lowest BCUT2D eigenvalue weighted by atomic mass is 10.2. The van der Waals surface area contributed by atoms with Crippen LogP contribution in [0.2, 0.25) is 0 Å². The lowest BCUT2D eigenvalue weighted by Gasteiger charge is -2.03. The third kappa shape index (κ3) is 2.28. The van der Waals surface area contributed by atoms with Gasteiger partial charge in [0.2, 0.25) is 5.91 Å². The van der Waals surface area contributed by atoms with Crippen molar-refractivity contribution >= 4 is 17.2 Å². The first-order valence-corrected chi connectivity index (χ1v) is 4.01. The molecule has 0 fully saturated rings. The Morgan fingerprint density at radius 2 is 2.55 bits per heavy atom. The molecular weight excluding hydrogens is 162 g/mol. The topological polar surface area (TPSA) is 82.0 Å². The molecule has 11 heavy (non-hydrogen) atoms. The minimum atomic E-state index is -0.396. The standard InChI is InChI=1S/C6H9N3OS/c7-4(3-5(8)10)6-9-1-2-11-6/h1-2,4H,3,7H2,(H2,8,10)/t4-/m0/s1. The number of rotatable bonds is 3. The van der Waals surface area contributed by atoms with Crippen molar-refractivity contribution in [1.82, 2.24) is 4.98 Å². The summed E-state index contributed by atoms with van der Waals surface area (Å²) < 4.78 is 0. The zero-order valence-corrected chi connectivity index (χ0v) is 6.67. The van der Waals surface area contributed by atoms with Crippen LogP contribution in [-0.4, -0.2) is 10.9 Å². The summed E-state index contributed by atoms with van der Waals surface area (Å²) in [6, 6.07) is -0.340. The van der Waals surface area contributed by atoms with E-state index in [1.165, 1.54) is 11.3 Å². The summed E-state index contributed by atoms with van der Waals surface area (Å²) in [7, 11) is 0. The number of carbonyl (C=O) groups excluding carboxylic acids is 1. The van der Waals surface area contributed by atoms with Crippen LogP contribution in [0.3, 0.4) is 0 Å². The van der Waals surface area contributed by atoms with E-state index >= 15 is 0 Å². The van der Waals surface area contributed by atoms with Gasteiger partial charge in [0, 0.05) is 18.0 Å². The fourth-order valence-electron chi connectivity index (χ4n) is 0.722. The molecule has 4 N–H and O–H groups in total. The van der Waals surface area contributed by atoms with Gasteiger partial charge in [-0.2, -0.15) is 0 Å². The van der Waals surface area contributed by atoms with Gasteiger partial charge in [0.15, 0.2) is 0 Å². The van der Waals surface area contributed by atoms with Crippen molar-refractivity contribution in [3.63, 3.8) is 0 Å². The van der Waals surface area contributed by atoms with E-state index in [9.17, 15) is 4.79 Å². The van der Waals surface area contributed by atoms with E-state index in [1.54, 1.807) is 6.20 Å². The average molecular weight is 171 g/mol. The predicted octanol–water partition coefficient (Wildman–Crippen LogP) is 0.0183. The van der Waals surface area contributed by atoms with Gasteiger partial charge in [-0.15, -0.1) is 11.3 Å². The van der Waals surface area contributed by atoms with Gasteiger partial charge in [0.1, 0.15) is 5.01 Å². The summed E-state index contributed by atoms with van der Waals surface area (Å²) in [6.07, 6.45) is 1.81. The number of nitrogens with zero attached hydrogens (tertiary/aromatic N) is 1. The number of hydrogen-bond acceptors (Lipinski definition) is 4. The van der Waals surface area contributed by atoms with E-state index < -0.39 is 5.91 Å². The highest BCUT2D eigenvalue weighted by Crippen LogP contribution is 2.15. The molecule has 1 heterocycles. The fourth-order valence-corrected chi connectivity index (χ4v) is 1.36. The predicted molar refractivity (Wildman–Crippen MR) is 42.9 cm³/mol. The number of nitrogens with two attached hydrogens (primary N) is 2. The van der Waals surface area contributed by atoms with E-state index in [2.05, 4.69) is 4.98 Å². The van der Waals surface area contributed by atoms with Gasteiger partial charge >= 0.3 is 0 Å². The number of carbonyl (C=O) groups is 1. The van der Waals surface area contributed by atoms with Crippen molar-refractivity contribution in [3.05, 3.63) is 16.6 Å². The molecule has 60 valence electrons. The second-order valence-electron chi connectivity index (χ2n) is 2.15. The summed E-state index contributed by atoms with van der Waals surface area (Å²) in [5.41, 5.74) is 10.5. The summed E-state index contributed by atoms with van der Waals surface area (Å²) in [5, 5.41) is 2.57. The molecule has 1 rings (SSSR count). The Hall–Kier alpha value is -0.940. The van der Waals surface area contributed by atoms with Crippen molar-refractivity contribution in [1.29, 1.82) is 0 Å². The van der Waals surface area contributed by atoms with Gasteiger partial charge in [-0.25, -0.2) is 4.98 Å². The molecule has 0 bridgehead atoms. The minimum absolute atomic E-state index is 0.160. The zero-order chi connectivity index (χ0) is 8.27. The first-order chi connectivity index (χ1) is 5.20. The number of primary amides is 1. The Morgan fingerprint density at radius 1 is 1.82 bits per heavy atom. The lowest BCUT2D eigenvalue weighted by molar-refractivity contribution is -0.118. The second kappa shape index (κ2) is 3.45. The molecule has 1 aromatic heterocycles. The summed E-state index contributed by atoms with van der Waals surface area (Å²) in [4.78, 5) is 14.4. The lowest BCUT2D eigenvalue weighted by Crippen LogP contribution is -2.20. The zero-order valence-electron chi connectivity index (χ0n) is 5.86. The van der Waals surface area contributed by atoms with E-state index in [0.29, 0.717) is 0 Å². The normalized spacial score (nSPS) is 12.8. The molecule has 0 aliphatic rings. The monoisotopic (exact) mass is 171 g/mol. The van der Waals surface area contributed by atoms with E-state index in [4.69, 9.17) is 11.5 Å². The smallest absolute Gasteiger partial charge is 0.219 e. The maximum absolute atomic E-state index is 10.4.